The molecule has 0 aromatic heterocycles. The van der Waals surface area contributed by atoms with Gasteiger partial charge in [0, 0.05) is 18.6 Å². The minimum Gasteiger partial charge on any atom is -0.392 e. The smallest absolute Gasteiger partial charge is 0.0620 e. The fourth-order valence-electron chi connectivity index (χ4n) is 2.96. The number of likely N-dealkylation sites (tertiary alicyclic amines) is 1. The highest BCUT2D eigenvalue weighted by Crippen LogP contribution is 2.37. The number of fused-ring (bicyclic) bond motifs is 2. The number of piperidine rings is 1. The van der Waals surface area contributed by atoms with Crippen LogP contribution in [0.3, 0.4) is 0 Å². The van der Waals surface area contributed by atoms with Gasteiger partial charge in [0.1, 0.15) is 0 Å². The summed E-state index contributed by atoms with van der Waals surface area (Å²) in [7, 11) is 0. The van der Waals surface area contributed by atoms with Crippen molar-refractivity contribution in [2.24, 2.45) is 11.8 Å². The summed E-state index contributed by atoms with van der Waals surface area (Å²) in [6, 6.07) is 0. The number of hydrogen-bond donors (Lipinski definition) is 1. The van der Waals surface area contributed by atoms with Crippen molar-refractivity contribution in [1.29, 1.82) is 0 Å². The van der Waals surface area contributed by atoms with Gasteiger partial charge in [-0.05, 0) is 45.4 Å². The number of aliphatic hydroxyl groups is 1. The first-order valence-corrected chi connectivity index (χ1v) is 5.91. The van der Waals surface area contributed by atoms with Crippen LogP contribution in [0.5, 0.6) is 0 Å². The van der Waals surface area contributed by atoms with Crippen LogP contribution in [-0.4, -0.2) is 34.7 Å². The molecule has 14 heavy (non-hydrogen) atoms. The molecule has 0 unspecified atom stereocenters. The van der Waals surface area contributed by atoms with Crippen molar-refractivity contribution in [2.75, 3.05) is 13.1 Å². The van der Waals surface area contributed by atoms with Crippen LogP contribution in [0.2, 0.25) is 0 Å². The lowest BCUT2D eigenvalue weighted by Crippen LogP contribution is -2.56. The maximum absolute atomic E-state index is 10.0. The second kappa shape index (κ2) is 3.49. The maximum atomic E-state index is 10.0. The van der Waals surface area contributed by atoms with Crippen LogP contribution < -0.4 is 0 Å². The molecular formula is C12H23NO. The molecule has 2 rings (SSSR count). The fraction of sp³-hybridized carbons (Fsp3) is 1.00. The highest BCUT2D eigenvalue weighted by atomic mass is 16.3. The minimum absolute atomic E-state index is 0.0117. The number of nitrogens with zero attached hydrogens (tertiary/aromatic N) is 1. The lowest BCUT2D eigenvalue weighted by molar-refractivity contribution is -0.0736. The van der Waals surface area contributed by atoms with E-state index < -0.39 is 0 Å². The summed E-state index contributed by atoms with van der Waals surface area (Å²) in [6.07, 6.45) is 3.76. The first-order chi connectivity index (χ1) is 6.48. The SMILES string of the molecule is CC(C)(C)N1C[C@@H]2CCC[C@@H](C1)C2O. The van der Waals surface area contributed by atoms with E-state index in [1.165, 1.54) is 19.3 Å². The van der Waals surface area contributed by atoms with Crippen LogP contribution in [0.1, 0.15) is 40.0 Å². The van der Waals surface area contributed by atoms with E-state index in [4.69, 9.17) is 0 Å². The lowest BCUT2D eigenvalue weighted by Gasteiger charge is -2.49. The Bertz CT molecular complexity index is 195. The van der Waals surface area contributed by atoms with Gasteiger partial charge >= 0.3 is 0 Å². The zero-order valence-electron chi connectivity index (χ0n) is 9.66. The molecule has 1 N–H and O–H groups in total. The number of rotatable bonds is 0. The third kappa shape index (κ3) is 1.82. The molecule has 82 valence electrons. The highest BCUT2D eigenvalue weighted by Gasteiger charge is 2.40. The van der Waals surface area contributed by atoms with Crippen LogP contribution in [0, 0.1) is 11.8 Å². The Morgan fingerprint density at radius 3 is 2.00 bits per heavy atom. The van der Waals surface area contributed by atoms with Crippen molar-refractivity contribution in [1.82, 2.24) is 4.90 Å². The summed E-state index contributed by atoms with van der Waals surface area (Å²) in [4.78, 5) is 2.55. The van der Waals surface area contributed by atoms with E-state index in [0.29, 0.717) is 11.8 Å². The van der Waals surface area contributed by atoms with E-state index in [9.17, 15) is 5.11 Å². The predicted molar refractivity (Wildman–Crippen MR) is 58.2 cm³/mol. The van der Waals surface area contributed by atoms with Crippen molar-refractivity contribution in [3.63, 3.8) is 0 Å². The molecule has 0 aromatic rings. The molecule has 0 amide bonds. The highest BCUT2D eigenvalue weighted by molar-refractivity contribution is 4.93. The molecule has 0 spiro atoms. The van der Waals surface area contributed by atoms with Crippen molar-refractivity contribution in [2.45, 2.75) is 51.7 Å². The zero-order valence-corrected chi connectivity index (χ0v) is 9.66. The molecule has 2 atom stereocenters. The van der Waals surface area contributed by atoms with Crippen molar-refractivity contribution >= 4 is 0 Å². The van der Waals surface area contributed by atoms with E-state index in [1.807, 2.05) is 0 Å². The minimum atomic E-state index is -0.0117. The van der Waals surface area contributed by atoms with Gasteiger partial charge in [-0.3, -0.25) is 4.90 Å². The Kier molecular flexibility index (Phi) is 2.61. The van der Waals surface area contributed by atoms with Gasteiger partial charge in [0.25, 0.3) is 0 Å². The molecule has 0 aromatic carbocycles. The van der Waals surface area contributed by atoms with Crippen molar-refractivity contribution < 1.29 is 5.11 Å². The van der Waals surface area contributed by atoms with E-state index in [-0.39, 0.29) is 11.6 Å². The first kappa shape index (κ1) is 10.4. The molecule has 2 aliphatic rings. The van der Waals surface area contributed by atoms with Gasteiger partial charge < -0.3 is 5.11 Å². The van der Waals surface area contributed by atoms with Crippen LogP contribution in [0.4, 0.5) is 0 Å². The normalized spacial score (nSPS) is 39.9. The van der Waals surface area contributed by atoms with Gasteiger partial charge in [-0.2, -0.15) is 0 Å². The Balaban J connectivity index is 2.08. The number of hydrogen-bond acceptors (Lipinski definition) is 2. The first-order valence-electron chi connectivity index (χ1n) is 5.91. The molecule has 1 heterocycles. The summed E-state index contributed by atoms with van der Waals surface area (Å²) in [6.45, 7) is 9.03. The van der Waals surface area contributed by atoms with E-state index >= 15 is 0 Å². The summed E-state index contributed by atoms with van der Waals surface area (Å²) >= 11 is 0. The molecule has 2 heteroatoms. The molecular weight excluding hydrogens is 174 g/mol. The third-order valence-corrected chi connectivity index (χ3v) is 3.97. The molecule has 1 aliphatic heterocycles. The van der Waals surface area contributed by atoms with Gasteiger partial charge in [0.15, 0.2) is 0 Å². The quantitative estimate of drug-likeness (QED) is 0.641. The van der Waals surface area contributed by atoms with Gasteiger partial charge in [-0.15, -0.1) is 0 Å². The largest absolute Gasteiger partial charge is 0.392 e. The molecule has 2 bridgehead atoms. The predicted octanol–water partition coefficient (Wildman–Crippen LogP) is 1.88. The van der Waals surface area contributed by atoms with Crippen molar-refractivity contribution in [3.8, 4) is 0 Å². The van der Waals surface area contributed by atoms with E-state index in [1.54, 1.807) is 0 Å². The third-order valence-electron chi connectivity index (χ3n) is 3.97. The van der Waals surface area contributed by atoms with Crippen molar-refractivity contribution in [3.05, 3.63) is 0 Å². The fourth-order valence-corrected chi connectivity index (χ4v) is 2.96. The maximum Gasteiger partial charge on any atom is 0.0620 e. The molecule has 1 saturated heterocycles. The van der Waals surface area contributed by atoms with Crippen LogP contribution in [0.25, 0.3) is 0 Å². The van der Waals surface area contributed by atoms with Gasteiger partial charge in [0.2, 0.25) is 0 Å². The Morgan fingerprint density at radius 1 is 1.07 bits per heavy atom. The second-order valence-electron chi connectivity index (χ2n) is 6.02. The lowest BCUT2D eigenvalue weighted by atomic mass is 9.74. The summed E-state index contributed by atoms with van der Waals surface area (Å²) < 4.78 is 0. The number of aliphatic hydroxyl groups excluding tert-OH is 1. The summed E-state index contributed by atoms with van der Waals surface area (Å²) in [5.74, 6) is 1.09. The van der Waals surface area contributed by atoms with Gasteiger partial charge in [-0.25, -0.2) is 0 Å². The van der Waals surface area contributed by atoms with Gasteiger partial charge in [-0.1, -0.05) is 6.42 Å². The summed E-state index contributed by atoms with van der Waals surface area (Å²) in [5.41, 5.74) is 0.272. The molecule has 0 radical (unpaired) electrons. The van der Waals surface area contributed by atoms with Gasteiger partial charge in [0.05, 0.1) is 6.10 Å². The topological polar surface area (TPSA) is 23.5 Å². The zero-order chi connectivity index (χ0) is 10.3. The Morgan fingerprint density at radius 2 is 1.57 bits per heavy atom. The monoisotopic (exact) mass is 197 g/mol. The van der Waals surface area contributed by atoms with Crippen LogP contribution >= 0.6 is 0 Å². The molecule has 1 aliphatic carbocycles. The average Bonchev–Trinajstić information content (AvgIpc) is 2.00. The Hall–Kier alpha value is -0.0800. The average molecular weight is 197 g/mol. The van der Waals surface area contributed by atoms with Crippen LogP contribution in [-0.2, 0) is 0 Å². The molecule has 2 fully saturated rings. The summed E-state index contributed by atoms with van der Waals surface area (Å²) in [5, 5.41) is 10.0. The van der Waals surface area contributed by atoms with E-state index in [2.05, 4.69) is 25.7 Å². The molecule has 1 saturated carbocycles. The standard InChI is InChI=1S/C12H23NO/c1-12(2,3)13-7-9-5-4-6-10(8-13)11(9)14/h9-11,14H,4-8H2,1-3H3/t9-,10-/m0/s1. The molecule has 2 nitrogen and oxygen atoms in total. The van der Waals surface area contributed by atoms with E-state index in [0.717, 1.165) is 13.1 Å². The second-order valence-corrected chi connectivity index (χ2v) is 6.02. The Labute approximate surface area is 87.3 Å². The van der Waals surface area contributed by atoms with Crippen LogP contribution in [0.15, 0.2) is 0 Å².